The molecular formula is C19H33N3O13. The lowest BCUT2D eigenvalue weighted by atomic mass is 10.2. The molecule has 0 spiro atoms. The second-order valence-corrected chi connectivity index (χ2v) is 7.08. The molecule has 1 N–H and O–H groups in total. The van der Waals surface area contributed by atoms with E-state index in [4.69, 9.17) is 18.9 Å². The van der Waals surface area contributed by atoms with Gasteiger partial charge < -0.3 is 33.9 Å². The first-order valence-corrected chi connectivity index (χ1v) is 11.1. The Bertz CT molecular complexity index is 662. The van der Waals surface area contributed by atoms with Crippen LogP contribution < -0.4 is 5.32 Å². The number of carbonyl (C=O) groups is 3. The first kappa shape index (κ1) is 31.4. The maximum Gasteiger partial charge on any atom is 0.508 e. The molecule has 0 saturated heterocycles. The molecule has 16 heteroatoms. The largest absolute Gasteiger partial charge is 0.508 e. The monoisotopic (exact) mass is 511 g/mol. The van der Waals surface area contributed by atoms with Crippen LogP contribution in [-0.2, 0) is 33.4 Å². The van der Waals surface area contributed by atoms with Crippen LogP contribution in [0.3, 0.4) is 0 Å². The Hall–Kier alpha value is -3.59. The van der Waals surface area contributed by atoms with Gasteiger partial charge in [-0.2, -0.15) is 0 Å². The maximum atomic E-state index is 12.5. The van der Waals surface area contributed by atoms with Gasteiger partial charge in [0.1, 0.15) is 6.10 Å². The van der Waals surface area contributed by atoms with Crippen molar-refractivity contribution in [2.75, 3.05) is 33.0 Å². The lowest BCUT2D eigenvalue weighted by Crippen LogP contribution is -2.50. The van der Waals surface area contributed by atoms with Gasteiger partial charge in [-0.3, -0.25) is 0 Å². The van der Waals surface area contributed by atoms with Crippen molar-refractivity contribution in [3.63, 3.8) is 0 Å². The van der Waals surface area contributed by atoms with Gasteiger partial charge in [-0.1, -0.05) is 19.8 Å². The smallest absolute Gasteiger partial charge is 0.464 e. The highest BCUT2D eigenvalue weighted by atomic mass is 17.0. The summed E-state index contributed by atoms with van der Waals surface area (Å²) >= 11 is 0. The number of nitrogens with zero attached hydrogens (tertiary/aromatic N) is 2. The van der Waals surface area contributed by atoms with E-state index in [1.807, 2.05) is 6.92 Å². The third-order valence-corrected chi connectivity index (χ3v) is 4.19. The quantitative estimate of drug-likeness (QED) is 0.0820. The predicted molar refractivity (Wildman–Crippen MR) is 115 cm³/mol. The van der Waals surface area contributed by atoms with Crippen molar-refractivity contribution in [3.05, 3.63) is 20.2 Å². The van der Waals surface area contributed by atoms with Gasteiger partial charge in [0.15, 0.2) is 6.04 Å². The van der Waals surface area contributed by atoms with Crippen molar-refractivity contribution in [1.82, 2.24) is 5.32 Å². The number of alkyl carbamates (subject to hydrolysis) is 1. The molecule has 202 valence electrons. The summed E-state index contributed by atoms with van der Waals surface area (Å²) in [4.78, 5) is 64.9. The number of ether oxygens (including phenoxy) is 4. The predicted octanol–water partition coefficient (Wildman–Crippen LogP) is 2.33. The fourth-order valence-electron chi connectivity index (χ4n) is 2.41. The van der Waals surface area contributed by atoms with Gasteiger partial charge in [-0.15, -0.1) is 20.2 Å². The summed E-state index contributed by atoms with van der Waals surface area (Å²) in [5.41, 5.74) is 0. The Balaban J connectivity index is 4.68. The van der Waals surface area contributed by atoms with Crippen LogP contribution in [0.2, 0.25) is 0 Å². The number of hydrogen-bond acceptors (Lipinski definition) is 13. The molecule has 0 aromatic rings. The molecule has 16 nitrogen and oxygen atoms in total. The number of rotatable bonds is 20. The van der Waals surface area contributed by atoms with Crippen LogP contribution in [0, 0.1) is 20.2 Å². The molecule has 0 saturated carbocycles. The Labute approximate surface area is 201 Å². The van der Waals surface area contributed by atoms with Gasteiger partial charge in [-0.25, -0.2) is 14.4 Å². The van der Waals surface area contributed by atoms with Gasteiger partial charge >= 0.3 is 18.2 Å². The third kappa shape index (κ3) is 18.5. The highest BCUT2D eigenvalue weighted by molar-refractivity contribution is 5.82. The Morgan fingerprint density at radius 3 is 1.80 bits per heavy atom. The van der Waals surface area contributed by atoms with Crippen LogP contribution >= 0.6 is 0 Å². The maximum absolute atomic E-state index is 12.5. The number of amides is 1. The number of esters is 1. The van der Waals surface area contributed by atoms with Crippen LogP contribution in [0.25, 0.3) is 0 Å². The molecule has 1 amide bonds. The van der Waals surface area contributed by atoms with Gasteiger partial charge in [0, 0.05) is 0 Å². The fourth-order valence-corrected chi connectivity index (χ4v) is 2.41. The molecule has 2 unspecified atom stereocenters. The van der Waals surface area contributed by atoms with Crippen LogP contribution in [-0.4, -0.2) is 73.6 Å². The van der Waals surface area contributed by atoms with Gasteiger partial charge in [0.2, 0.25) is 0 Å². The lowest BCUT2D eigenvalue weighted by Gasteiger charge is -2.23. The average molecular weight is 511 g/mol. The minimum atomic E-state index is -1.43. The average Bonchev–Trinajstić information content (AvgIpc) is 2.79. The summed E-state index contributed by atoms with van der Waals surface area (Å²) in [6.45, 7) is 2.89. The molecule has 0 aromatic heterocycles. The Morgan fingerprint density at radius 2 is 1.26 bits per heavy atom. The zero-order valence-electron chi connectivity index (χ0n) is 19.8. The van der Waals surface area contributed by atoms with Crippen LogP contribution in [0.1, 0.15) is 58.8 Å². The Morgan fingerprint density at radius 1 is 0.771 bits per heavy atom. The van der Waals surface area contributed by atoms with Gasteiger partial charge in [0.25, 0.3) is 10.2 Å². The molecule has 0 radical (unpaired) electrons. The van der Waals surface area contributed by atoms with E-state index < -0.39 is 40.5 Å². The Kier molecular flexibility index (Phi) is 17.8. The molecule has 0 fully saturated rings. The molecule has 0 rings (SSSR count). The van der Waals surface area contributed by atoms with Crippen molar-refractivity contribution in [1.29, 1.82) is 0 Å². The third-order valence-electron chi connectivity index (χ3n) is 4.19. The SMILES string of the molecule is CCCCCOC(=O)OC(C)C(NC(=O)OCCCCO[N+](=O)[O-])C(=O)OCCCCO[N+](=O)[O-]. The number of hydrogen-bond donors (Lipinski definition) is 1. The topological polar surface area (TPSA) is 205 Å². The van der Waals surface area contributed by atoms with E-state index in [1.54, 1.807) is 0 Å². The van der Waals surface area contributed by atoms with E-state index in [-0.39, 0.29) is 58.7 Å². The number of nitrogens with one attached hydrogen (secondary N) is 1. The summed E-state index contributed by atoms with van der Waals surface area (Å²) < 4.78 is 20.0. The highest BCUT2D eigenvalue weighted by Crippen LogP contribution is 2.07. The molecular weight excluding hydrogens is 478 g/mol. The number of carbonyl (C=O) groups excluding carboxylic acids is 3. The summed E-state index contributed by atoms with van der Waals surface area (Å²) in [5.74, 6) is -0.928. The second kappa shape index (κ2) is 19.8. The minimum Gasteiger partial charge on any atom is -0.464 e. The zero-order chi connectivity index (χ0) is 26.5. The van der Waals surface area contributed by atoms with Crippen LogP contribution in [0.4, 0.5) is 9.59 Å². The standard InChI is InChI=1S/C19H33N3O13/c1-3-4-5-12-32-19(25)35-15(2)16(17(23)30-10-6-8-13-33-21(26)27)20-18(24)31-11-7-9-14-34-22(28)29/h15-16H,3-14H2,1-2H3,(H,20,24). The van der Waals surface area contributed by atoms with Crippen LogP contribution in [0.5, 0.6) is 0 Å². The molecule has 0 bridgehead atoms. The van der Waals surface area contributed by atoms with Crippen molar-refractivity contribution >= 4 is 18.2 Å². The fraction of sp³-hybridized carbons (Fsp3) is 0.842. The molecule has 0 aliphatic rings. The zero-order valence-corrected chi connectivity index (χ0v) is 19.8. The summed E-state index contributed by atoms with van der Waals surface area (Å²) in [5, 5.41) is 20.6. The molecule has 2 atom stereocenters. The van der Waals surface area contributed by atoms with E-state index >= 15 is 0 Å². The highest BCUT2D eigenvalue weighted by Gasteiger charge is 2.32. The summed E-state index contributed by atoms with van der Waals surface area (Å²) in [6, 6.07) is -1.43. The van der Waals surface area contributed by atoms with Crippen molar-refractivity contribution in [2.24, 2.45) is 0 Å². The molecule has 0 aromatic carbocycles. The van der Waals surface area contributed by atoms with Gasteiger partial charge in [-0.05, 0) is 39.0 Å². The number of unbranched alkanes of at least 4 members (excludes halogenated alkanes) is 4. The second-order valence-electron chi connectivity index (χ2n) is 7.08. The molecule has 0 aliphatic carbocycles. The van der Waals surface area contributed by atoms with Crippen LogP contribution in [0.15, 0.2) is 0 Å². The summed E-state index contributed by atoms with van der Waals surface area (Å²) in [7, 11) is 0. The molecule has 0 heterocycles. The van der Waals surface area contributed by atoms with Crippen molar-refractivity contribution in [3.8, 4) is 0 Å². The van der Waals surface area contributed by atoms with E-state index in [0.717, 1.165) is 12.8 Å². The van der Waals surface area contributed by atoms with E-state index in [2.05, 4.69) is 15.0 Å². The van der Waals surface area contributed by atoms with E-state index in [1.165, 1.54) is 6.92 Å². The lowest BCUT2D eigenvalue weighted by molar-refractivity contribution is -0.757. The van der Waals surface area contributed by atoms with Crippen molar-refractivity contribution < 1.29 is 53.2 Å². The first-order valence-electron chi connectivity index (χ1n) is 11.1. The van der Waals surface area contributed by atoms with Crippen molar-refractivity contribution in [2.45, 2.75) is 70.9 Å². The molecule has 0 aliphatic heterocycles. The normalized spacial score (nSPS) is 11.9. The summed E-state index contributed by atoms with van der Waals surface area (Å²) in [6.07, 6.45) is 0.219. The van der Waals surface area contributed by atoms with E-state index in [9.17, 15) is 34.6 Å². The van der Waals surface area contributed by atoms with Gasteiger partial charge in [0.05, 0.1) is 33.0 Å². The minimum absolute atomic E-state index is 0.111. The van der Waals surface area contributed by atoms with E-state index in [0.29, 0.717) is 6.42 Å². The molecule has 35 heavy (non-hydrogen) atoms. The first-order chi connectivity index (χ1) is 16.7.